The van der Waals surface area contributed by atoms with Crippen LogP contribution in [0.4, 0.5) is 5.69 Å². The Morgan fingerprint density at radius 3 is 2.48 bits per heavy atom. The van der Waals surface area contributed by atoms with E-state index in [4.69, 9.17) is 11.6 Å². The van der Waals surface area contributed by atoms with Crippen molar-refractivity contribution in [1.82, 2.24) is 5.32 Å². The van der Waals surface area contributed by atoms with Gasteiger partial charge in [-0.3, -0.25) is 4.79 Å². The second-order valence-corrected chi connectivity index (χ2v) is 6.54. The summed E-state index contributed by atoms with van der Waals surface area (Å²) in [7, 11) is 1.33. The van der Waals surface area contributed by atoms with E-state index in [1.54, 1.807) is 54.6 Å². The lowest BCUT2D eigenvalue weighted by atomic mass is 10.1. The maximum Gasteiger partial charge on any atom is 0.337 e. The van der Waals surface area contributed by atoms with Crippen molar-refractivity contribution in [2.75, 3.05) is 7.11 Å². The van der Waals surface area contributed by atoms with Gasteiger partial charge in [-0.05, 0) is 59.8 Å². The predicted octanol–water partition coefficient (Wildman–Crippen LogP) is 4.02. The third kappa shape index (κ3) is 4.29. The van der Waals surface area contributed by atoms with Gasteiger partial charge in [0.1, 0.15) is 0 Å². The number of amidine groups is 1. The number of aliphatic imine (C=N–C) groups is 1. The van der Waals surface area contributed by atoms with E-state index in [9.17, 15) is 9.59 Å². The molecule has 0 atom stereocenters. The van der Waals surface area contributed by atoms with E-state index < -0.39 is 5.97 Å². The van der Waals surface area contributed by atoms with Gasteiger partial charge in [-0.1, -0.05) is 23.7 Å². The lowest BCUT2D eigenvalue weighted by molar-refractivity contribution is -0.115. The smallest absolute Gasteiger partial charge is 0.337 e. The fourth-order valence-corrected chi connectivity index (χ4v) is 3.07. The van der Waals surface area contributed by atoms with E-state index >= 15 is 0 Å². The minimum absolute atomic E-state index is 0.213. The van der Waals surface area contributed by atoms with Crippen molar-refractivity contribution in [2.45, 2.75) is 0 Å². The molecule has 1 aliphatic heterocycles. The van der Waals surface area contributed by atoms with Crippen LogP contribution >= 0.6 is 23.4 Å². The molecule has 0 aliphatic carbocycles. The summed E-state index contributed by atoms with van der Waals surface area (Å²) < 4.78 is 4.66. The summed E-state index contributed by atoms with van der Waals surface area (Å²) >= 11 is 7.10. The number of carbonyl (C=O) groups is 2. The number of halogens is 1. The molecule has 5 nitrogen and oxygen atoms in total. The number of ether oxygens (including phenoxy) is 1. The van der Waals surface area contributed by atoms with Gasteiger partial charge in [-0.2, -0.15) is 0 Å². The van der Waals surface area contributed by atoms with Crippen LogP contribution in [0.2, 0.25) is 5.02 Å². The van der Waals surface area contributed by atoms with Crippen molar-refractivity contribution in [3.63, 3.8) is 0 Å². The van der Waals surface area contributed by atoms with Gasteiger partial charge in [0.25, 0.3) is 5.91 Å². The van der Waals surface area contributed by atoms with Gasteiger partial charge in [-0.15, -0.1) is 0 Å². The summed E-state index contributed by atoms with van der Waals surface area (Å²) in [6, 6.07) is 13.8. The van der Waals surface area contributed by atoms with Crippen molar-refractivity contribution < 1.29 is 14.3 Å². The fourth-order valence-electron chi connectivity index (χ4n) is 2.10. The Morgan fingerprint density at radius 1 is 1.16 bits per heavy atom. The summed E-state index contributed by atoms with van der Waals surface area (Å²) in [4.78, 5) is 28.4. The monoisotopic (exact) mass is 372 g/mol. The highest BCUT2D eigenvalue weighted by Crippen LogP contribution is 2.28. The second-order valence-electron chi connectivity index (χ2n) is 5.07. The molecule has 0 spiro atoms. The van der Waals surface area contributed by atoms with E-state index in [0.29, 0.717) is 26.3 Å². The molecule has 3 rings (SSSR count). The van der Waals surface area contributed by atoms with E-state index in [1.165, 1.54) is 18.9 Å². The molecule has 1 N–H and O–H groups in total. The third-order valence-corrected chi connectivity index (χ3v) is 4.50. The average Bonchev–Trinajstić information content (AvgIpc) is 2.96. The van der Waals surface area contributed by atoms with E-state index in [0.717, 1.165) is 5.56 Å². The predicted molar refractivity (Wildman–Crippen MR) is 100 cm³/mol. The lowest BCUT2D eigenvalue weighted by Gasteiger charge is -1.99. The summed E-state index contributed by atoms with van der Waals surface area (Å²) in [5.74, 6) is -0.612. The molecule has 0 radical (unpaired) electrons. The molecular weight excluding hydrogens is 360 g/mol. The Kier molecular flexibility index (Phi) is 5.21. The highest BCUT2D eigenvalue weighted by molar-refractivity contribution is 8.18. The fraction of sp³-hybridized carbons (Fsp3) is 0.0556. The van der Waals surface area contributed by atoms with Gasteiger partial charge in [0, 0.05) is 5.02 Å². The number of carbonyl (C=O) groups excluding carboxylic acids is 2. The lowest BCUT2D eigenvalue weighted by Crippen LogP contribution is -2.19. The van der Waals surface area contributed by atoms with Gasteiger partial charge >= 0.3 is 5.97 Å². The van der Waals surface area contributed by atoms with Crippen LogP contribution in [0.15, 0.2) is 58.4 Å². The highest BCUT2D eigenvalue weighted by atomic mass is 35.5. The van der Waals surface area contributed by atoms with Gasteiger partial charge in [-0.25, -0.2) is 9.79 Å². The molecule has 1 saturated heterocycles. The summed E-state index contributed by atoms with van der Waals surface area (Å²) in [6.45, 7) is 0. The zero-order chi connectivity index (χ0) is 17.8. The SMILES string of the molecule is COC(=O)c1ccc(/C=C2\SC(=Nc3ccc(Cl)cc3)NC2=O)cc1. The standard InChI is InChI=1S/C18H13ClN2O3S/c1-24-17(23)12-4-2-11(3-5-12)10-15-16(22)21-18(25-15)20-14-8-6-13(19)7-9-14/h2-10H,1H3,(H,20,21,22)/b15-10-. The Bertz CT molecular complexity index is 874. The molecule has 1 aliphatic rings. The van der Waals surface area contributed by atoms with Gasteiger partial charge < -0.3 is 10.1 Å². The molecule has 2 aromatic carbocycles. The van der Waals surface area contributed by atoms with E-state index in [2.05, 4.69) is 15.0 Å². The largest absolute Gasteiger partial charge is 0.465 e. The number of rotatable bonds is 3. The number of thioether (sulfide) groups is 1. The first kappa shape index (κ1) is 17.3. The number of benzene rings is 2. The summed E-state index contributed by atoms with van der Waals surface area (Å²) in [6.07, 6.45) is 1.74. The number of methoxy groups -OCH3 is 1. The molecule has 7 heteroatoms. The Hall–Kier alpha value is -2.57. The number of hydrogen-bond acceptors (Lipinski definition) is 5. The second kappa shape index (κ2) is 7.55. The topological polar surface area (TPSA) is 67.8 Å². The average molecular weight is 373 g/mol. The Balaban J connectivity index is 1.77. The van der Waals surface area contributed by atoms with Crippen molar-refractivity contribution in [1.29, 1.82) is 0 Å². The Morgan fingerprint density at radius 2 is 1.84 bits per heavy atom. The molecule has 0 unspecified atom stereocenters. The van der Waals surface area contributed by atoms with Crippen LogP contribution in [-0.4, -0.2) is 24.2 Å². The zero-order valence-corrected chi connectivity index (χ0v) is 14.7. The van der Waals surface area contributed by atoms with Crippen LogP contribution in [0.3, 0.4) is 0 Å². The van der Waals surface area contributed by atoms with Crippen molar-refractivity contribution >= 4 is 52.2 Å². The van der Waals surface area contributed by atoms with Crippen LogP contribution in [0, 0.1) is 0 Å². The van der Waals surface area contributed by atoms with Crippen LogP contribution in [0.25, 0.3) is 6.08 Å². The first-order chi connectivity index (χ1) is 12.0. The number of nitrogens with zero attached hydrogens (tertiary/aromatic N) is 1. The zero-order valence-electron chi connectivity index (χ0n) is 13.2. The van der Waals surface area contributed by atoms with Crippen LogP contribution in [0.5, 0.6) is 0 Å². The summed E-state index contributed by atoms with van der Waals surface area (Å²) in [5.41, 5.74) is 1.96. The van der Waals surface area contributed by atoms with Crippen molar-refractivity contribution in [2.24, 2.45) is 4.99 Å². The maximum atomic E-state index is 12.1. The molecule has 1 heterocycles. The van der Waals surface area contributed by atoms with Crippen molar-refractivity contribution in [3.8, 4) is 0 Å². The van der Waals surface area contributed by atoms with E-state index in [-0.39, 0.29) is 5.91 Å². The molecule has 0 bridgehead atoms. The molecule has 2 aromatic rings. The molecule has 0 saturated carbocycles. The molecule has 1 amide bonds. The number of hydrogen-bond donors (Lipinski definition) is 1. The third-order valence-electron chi connectivity index (χ3n) is 3.34. The summed E-state index contributed by atoms with van der Waals surface area (Å²) in [5, 5.41) is 3.86. The van der Waals surface area contributed by atoms with Crippen LogP contribution < -0.4 is 5.32 Å². The number of amides is 1. The Labute approximate surface area is 153 Å². The molecule has 25 heavy (non-hydrogen) atoms. The number of nitrogens with one attached hydrogen (secondary N) is 1. The first-order valence-electron chi connectivity index (χ1n) is 7.29. The van der Waals surface area contributed by atoms with E-state index in [1.807, 2.05) is 0 Å². The van der Waals surface area contributed by atoms with Crippen LogP contribution in [-0.2, 0) is 9.53 Å². The number of esters is 1. The van der Waals surface area contributed by atoms with Gasteiger partial charge in [0.05, 0.1) is 23.3 Å². The van der Waals surface area contributed by atoms with Crippen LogP contribution in [0.1, 0.15) is 15.9 Å². The minimum atomic E-state index is -0.399. The molecule has 126 valence electrons. The normalized spacial score (nSPS) is 17.0. The quantitative estimate of drug-likeness (QED) is 0.652. The molecule has 1 fully saturated rings. The maximum absolute atomic E-state index is 12.1. The van der Waals surface area contributed by atoms with Crippen molar-refractivity contribution in [3.05, 3.63) is 69.6 Å². The molecule has 0 aromatic heterocycles. The van der Waals surface area contributed by atoms with Gasteiger partial charge in [0.2, 0.25) is 0 Å². The van der Waals surface area contributed by atoms with Gasteiger partial charge in [0.15, 0.2) is 5.17 Å². The highest BCUT2D eigenvalue weighted by Gasteiger charge is 2.23. The minimum Gasteiger partial charge on any atom is -0.465 e. The molecular formula is C18H13ClN2O3S. The first-order valence-corrected chi connectivity index (χ1v) is 8.48.